The Morgan fingerprint density at radius 2 is 2.00 bits per heavy atom. The van der Waals surface area contributed by atoms with Gasteiger partial charge in [-0.3, -0.25) is 0 Å². The summed E-state index contributed by atoms with van der Waals surface area (Å²) >= 11 is 0. The number of methoxy groups -OCH3 is 2. The lowest BCUT2D eigenvalue weighted by atomic mass is 10.1. The van der Waals surface area contributed by atoms with Gasteiger partial charge in [-0.15, -0.1) is 0 Å². The van der Waals surface area contributed by atoms with Gasteiger partial charge in [-0.25, -0.2) is 4.79 Å². The van der Waals surface area contributed by atoms with Crippen LogP contribution in [0, 0.1) is 0 Å². The minimum atomic E-state index is -0.342. The third-order valence-corrected chi connectivity index (χ3v) is 3.63. The average molecular weight is 290 g/mol. The van der Waals surface area contributed by atoms with Crippen LogP contribution >= 0.6 is 0 Å². The Hall–Kier alpha value is -1.97. The number of rotatable bonds is 6. The molecule has 1 aliphatic rings. The Morgan fingerprint density at radius 3 is 2.67 bits per heavy atom. The van der Waals surface area contributed by atoms with Gasteiger partial charge in [-0.05, 0) is 49.8 Å². The number of benzene rings is 1. The van der Waals surface area contributed by atoms with Gasteiger partial charge in [0, 0.05) is 6.08 Å². The van der Waals surface area contributed by atoms with Crippen molar-refractivity contribution in [2.75, 3.05) is 14.2 Å². The number of allylic oxidation sites excluding steroid dienone is 1. The Bertz CT molecular complexity index is 502. The van der Waals surface area contributed by atoms with Crippen molar-refractivity contribution in [1.29, 1.82) is 0 Å². The highest BCUT2D eigenvalue weighted by Crippen LogP contribution is 2.32. The topological polar surface area (TPSA) is 44.8 Å². The van der Waals surface area contributed by atoms with E-state index in [1.165, 1.54) is 26.0 Å². The lowest BCUT2D eigenvalue weighted by Crippen LogP contribution is -2.11. The minimum absolute atomic E-state index is 0.291. The van der Waals surface area contributed by atoms with E-state index in [-0.39, 0.29) is 5.97 Å². The summed E-state index contributed by atoms with van der Waals surface area (Å²) in [4.78, 5) is 11.0. The molecule has 0 spiro atoms. The van der Waals surface area contributed by atoms with Crippen LogP contribution in [0.4, 0.5) is 0 Å². The standard InChI is InChI=1S/C17H22O4/c1-19-15-11-10-13(6-5-9-17(18)20-2)12-16(15)21-14-7-3-4-8-14/h5,9-12,14H,3-4,6-8H2,1-2H3. The van der Waals surface area contributed by atoms with Gasteiger partial charge in [-0.2, -0.15) is 0 Å². The molecule has 2 rings (SSSR count). The van der Waals surface area contributed by atoms with Gasteiger partial charge in [0.05, 0.1) is 20.3 Å². The quantitative estimate of drug-likeness (QED) is 0.595. The van der Waals surface area contributed by atoms with E-state index in [4.69, 9.17) is 9.47 Å². The molecule has 0 saturated heterocycles. The number of ether oxygens (including phenoxy) is 3. The summed E-state index contributed by atoms with van der Waals surface area (Å²) in [6.45, 7) is 0. The highest BCUT2D eigenvalue weighted by Gasteiger charge is 2.18. The summed E-state index contributed by atoms with van der Waals surface area (Å²) in [6.07, 6.45) is 8.84. The molecule has 4 heteroatoms. The second-order valence-electron chi connectivity index (χ2n) is 5.14. The molecule has 1 fully saturated rings. The van der Waals surface area contributed by atoms with Crippen LogP contribution < -0.4 is 9.47 Å². The average Bonchev–Trinajstić information content (AvgIpc) is 3.00. The molecule has 0 unspecified atom stereocenters. The molecule has 0 aliphatic heterocycles. The molecule has 0 atom stereocenters. The summed E-state index contributed by atoms with van der Waals surface area (Å²) in [6, 6.07) is 5.87. The second-order valence-corrected chi connectivity index (χ2v) is 5.14. The lowest BCUT2D eigenvalue weighted by molar-refractivity contribution is -0.134. The summed E-state index contributed by atoms with van der Waals surface area (Å²) in [5, 5.41) is 0. The van der Waals surface area contributed by atoms with E-state index in [0.717, 1.165) is 29.9 Å². The van der Waals surface area contributed by atoms with Crippen molar-refractivity contribution in [2.24, 2.45) is 0 Å². The predicted molar refractivity (Wildman–Crippen MR) is 80.7 cm³/mol. The zero-order valence-electron chi connectivity index (χ0n) is 12.6. The highest BCUT2D eigenvalue weighted by atomic mass is 16.5. The van der Waals surface area contributed by atoms with Crippen LogP contribution in [-0.2, 0) is 16.0 Å². The zero-order valence-corrected chi connectivity index (χ0v) is 12.6. The van der Waals surface area contributed by atoms with Crippen LogP contribution in [0.25, 0.3) is 0 Å². The van der Waals surface area contributed by atoms with E-state index in [2.05, 4.69) is 4.74 Å². The van der Waals surface area contributed by atoms with E-state index in [1.54, 1.807) is 13.2 Å². The third-order valence-electron chi connectivity index (χ3n) is 3.63. The van der Waals surface area contributed by atoms with Crippen molar-refractivity contribution in [3.63, 3.8) is 0 Å². The van der Waals surface area contributed by atoms with Gasteiger partial charge < -0.3 is 14.2 Å². The second kappa shape index (κ2) is 7.72. The molecule has 1 saturated carbocycles. The molecule has 0 heterocycles. The van der Waals surface area contributed by atoms with Gasteiger partial charge in [0.2, 0.25) is 0 Å². The first kappa shape index (κ1) is 15.4. The molecular weight excluding hydrogens is 268 g/mol. The minimum Gasteiger partial charge on any atom is -0.493 e. The van der Waals surface area contributed by atoms with Gasteiger partial charge in [0.1, 0.15) is 0 Å². The monoisotopic (exact) mass is 290 g/mol. The first-order valence-corrected chi connectivity index (χ1v) is 7.31. The summed E-state index contributed by atoms with van der Waals surface area (Å²) in [5.74, 6) is 1.20. The van der Waals surface area contributed by atoms with Crippen LogP contribution in [0.2, 0.25) is 0 Å². The van der Waals surface area contributed by atoms with Crippen molar-refractivity contribution < 1.29 is 19.0 Å². The van der Waals surface area contributed by atoms with Gasteiger partial charge >= 0.3 is 5.97 Å². The normalized spacial score (nSPS) is 15.3. The van der Waals surface area contributed by atoms with Crippen molar-refractivity contribution in [3.05, 3.63) is 35.9 Å². The molecular formula is C17H22O4. The number of hydrogen-bond acceptors (Lipinski definition) is 4. The van der Waals surface area contributed by atoms with E-state index < -0.39 is 0 Å². The van der Waals surface area contributed by atoms with Gasteiger partial charge in [-0.1, -0.05) is 12.1 Å². The molecule has 0 N–H and O–H groups in total. The Kier molecular flexibility index (Phi) is 5.67. The van der Waals surface area contributed by atoms with Crippen LogP contribution in [0.1, 0.15) is 31.2 Å². The first-order chi connectivity index (χ1) is 10.2. The fourth-order valence-electron chi connectivity index (χ4n) is 2.49. The molecule has 0 amide bonds. The van der Waals surface area contributed by atoms with E-state index in [0.29, 0.717) is 12.5 Å². The SMILES string of the molecule is COC(=O)C=CCc1ccc(OC)c(OC2CCCC2)c1. The maximum absolute atomic E-state index is 11.0. The van der Waals surface area contributed by atoms with E-state index in [1.807, 2.05) is 18.2 Å². The fraction of sp³-hybridized carbons (Fsp3) is 0.471. The molecule has 0 aromatic heterocycles. The molecule has 0 bridgehead atoms. The predicted octanol–water partition coefficient (Wildman–Crippen LogP) is 3.29. The summed E-state index contributed by atoms with van der Waals surface area (Å²) < 4.78 is 16.0. The summed E-state index contributed by atoms with van der Waals surface area (Å²) in [5.41, 5.74) is 1.07. The van der Waals surface area contributed by atoms with Crippen molar-refractivity contribution in [1.82, 2.24) is 0 Å². The molecule has 1 aromatic rings. The van der Waals surface area contributed by atoms with Crippen molar-refractivity contribution in [2.45, 2.75) is 38.2 Å². The molecule has 4 nitrogen and oxygen atoms in total. The first-order valence-electron chi connectivity index (χ1n) is 7.31. The van der Waals surface area contributed by atoms with Crippen LogP contribution in [-0.4, -0.2) is 26.3 Å². The molecule has 1 aliphatic carbocycles. The maximum atomic E-state index is 11.0. The van der Waals surface area contributed by atoms with Crippen LogP contribution in [0.3, 0.4) is 0 Å². The van der Waals surface area contributed by atoms with Crippen LogP contribution in [0.15, 0.2) is 30.4 Å². The van der Waals surface area contributed by atoms with Crippen molar-refractivity contribution in [3.8, 4) is 11.5 Å². The molecule has 1 aromatic carbocycles. The van der Waals surface area contributed by atoms with E-state index >= 15 is 0 Å². The lowest BCUT2D eigenvalue weighted by Gasteiger charge is -2.16. The maximum Gasteiger partial charge on any atom is 0.330 e. The third kappa shape index (κ3) is 4.52. The van der Waals surface area contributed by atoms with E-state index in [9.17, 15) is 4.79 Å². The summed E-state index contributed by atoms with van der Waals surface area (Å²) in [7, 11) is 3.02. The molecule has 114 valence electrons. The number of esters is 1. The highest BCUT2D eigenvalue weighted by molar-refractivity contribution is 5.81. The number of carbonyl (C=O) groups is 1. The van der Waals surface area contributed by atoms with Crippen LogP contribution in [0.5, 0.6) is 11.5 Å². The van der Waals surface area contributed by atoms with Gasteiger partial charge in [0.25, 0.3) is 0 Å². The number of hydrogen-bond donors (Lipinski definition) is 0. The molecule has 21 heavy (non-hydrogen) atoms. The largest absolute Gasteiger partial charge is 0.493 e. The van der Waals surface area contributed by atoms with Gasteiger partial charge in [0.15, 0.2) is 11.5 Å². The molecule has 0 radical (unpaired) electrons. The fourth-order valence-corrected chi connectivity index (χ4v) is 2.49. The Morgan fingerprint density at radius 1 is 1.24 bits per heavy atom. The number of carbonyl (C=O) groups excluding carboxylic acids is 1. The Balaban J connectivity index is 2.05. The smallest absolute Gasteiger partial charge is 0.330 e. The zero-order chi connectivity index (χ0) is 15.1. The Labute approximate surface area is 125 Å². The van der Waals surface area contributed by atoms with Crippen molar-refractivity contribution >= 4 is 5.97 Å².